The van der Waals surface area contributed by atoms with Crippen LogP contribution in [0.25, 0.3) is 0 Å². The third kappa shape index (κ3) is 3.49. The van der Waals surface area contributed by atoms with Gasteiger partial charge in [-0.15, -0.1) is 0 Å². The van der Waals surface area contributed by atoms with Crippen molar-refractivity contribution in [2.45, 2.75) is 6.54 Å². The number of amides is 1. The topological polar surface area (TPSA) is 77.1 Å². The van der Waals surface area contributed by atoms with E-state index in [4.69, 9.17) is 0 Å². The Hall–Kier alpha value is -2.25. The number of likely N-dealkylation sites (N-methyl/N-ethyl adjacent to an activating group) is 1. The quantitative estimate of drug-likeness (QED) is 0.873. The van der Waals surface area contributed by atoms with Gasteiger partial charge in [0.1, 0.15) is 0 Å². The molecular formula is C15H20N6O. The van der Waals surface area contributed by atoms with Crippen LogP contribution >= 0.6 is 0 Å². The second-order valence-electron chi connectivity index (χ2n) is 5.53. The van der Waals surface area contributed by atoms with Gasteiger partial charge >= 0.3 is 0 Å². The molecule has 2 aromatic rings. The molecule has 0 atom stereocenters. The standard InChI is InChI=1S/C15H20N6O/c1-20-5-7-21(8-6-20)11-12-9-17-19-14(12)15(22)18-13-3-2-4-16-10-13/h2-4,9-10H,5-8,11H2,1H3,(H,17,19)(H,18,22). The van der Waals surface area contributed by atoms with Gasteiger partial charge in [-0.05, 0) is 19.2 Å². The lowest BCUT2D eigenvalue weighted by molar-refractivity contribution is 0.101. The number of carbonyl (C=O) groups is 1. The number of rotatable bonds is 4. The molecule has 1 amide bonds. The van der Waals surface area contributed by atoms with Gasteiger partial charge in [0.05, 0.1) is 11.9 Å². The first-order chi connectivity index (χ1) is 10.7. The van der Waals surface area contributed by atoms with Gasteiger partial charge in [-0.25, -0.2) is 0 Å². The minimum absolute atomic E-state index is 0.210. The van der Waals surface area contributed by atoms with E-state index < -0.39 is 0 Å². The Morgan fingerprint density at radius 2 is 2.18 bits per heavy atom. The van der Waals surface area contributed by atoms with E-state index in [2.05, 4.69) is 37.3 Å². The first-order valence-corrected chi connectivity index (χ1v) is 7.37. The summed E-state index contributed by atoms with van der Waals surface area (Å²) >= 11 is 0. The molecule has 0 saturated carbocycles. The number of pyridine rings is 1. The number of aromatic nitrogens is 3. The molecule has 0 bridgehead atoms. The number of aromatic amines is 1. The maximum Gasteiger partial charge on any atom is 0.276 e. The number of anilines is 1. The van der Waals surface area contributed by atoms with Crippen LogP contribution in [-0.4, -0.2) is 64.1 Å². The van der Waals surface area contributed by atoms with Crippen LogP contribution in [0.3, 0.4) is 0 Å². The average Bonchev–Trinajstić information content (AvgIpc) is 2.99. The van der Waals surface area contributed by atoms with Gasteiger partial charge in [0, 0.05) is 50.7 Å². The molecule has 2 N–H and O–H groups in total. The average molecular weight is 300 g/mol. The number of nitrogens with one attached hydrogen (secondary N) is 2. The van der Waals surface area contributed by atoms with Crippen molar-refractivity contribution in [2.75, 3.05) is 38.5 Å². The van der Waals surface area contributed by atoms with Crippen molar-refractivity contribution in [2.24, 2.45) is 0 Å². The fourth-order valence-corrected chi connectivity index (χ4v) is 2.51. The molecule has 0 aliphatic carbocycles. The molecule has 116 valence electrons. The smallest absolute Gasteiger partial charge is 0.276 e. The lowest BCUT2D eigenvalue weighted by Crippen LogP contribution is -2.44. The summed E-state index contributed by atoms with van der Waals surface area (Å²) in [5.74, 6) is -0.210. The largest absolute Gasteiger partial charge is 0.319 e. The number of hydrogen-bond donors (Lipinski definition) is 2. The first kappa shape index (κ1) is 14.7. The van der Waals surface area contributed by atoms with Crippen molar-refractivity contribution in [1.29, 1.82) is 0 Å². The SMILES string of the molecule is CN1CCN(Cc2c[nH]nc2C(=O)Nc2cccnc2)CC1. The Bertz CT molecular complexity index is 618. The zero-order chi connectivity index (χ0) is 15.4. The van der Waals surface area contributed by atoms with E-state index in [0.717, 1.165) is 38.3 Å². The fourth-order valence-electron chi connectivity index (χ4n) is 2.51. The molecule has 3 rings (SSSR count). The van der Waals surface area contributed by atoms with E-state index in [1.165, 1.54) is 0 Å². The third-order valence-electron chi connectivity index (χ3n) is 3.84. The Balaban J connectivity index is 1.65. The van der Waals surface area contributed by atoms with Crippen LogP contribution in [0.1, 0.15) is 16.1 Å². The summed E-state index contributed by atoms with van der Waals surface area (Å²) < 4.78 is 0. The van der Waals surface area contributed by atoms with Crippen LogP contribution in [-0.2, 0) is 6.54 Å². The first-order valence-electron chi connectivity index (χ1n) is 7.37. The van der Waals surface area contributed by atoms with Gasteiger partial charge < -0.3 is 10.2 Å². The predicted molar refractivity (Wildman–Crippen MR) is 83.6 cm³/mol. The Morgan fingerprint density at radius 1 is 1.36 bits per heavy atom. The van der Waals surface area contributed by atoms with E-state index in [-0.39, 0.29) is 5.91 Å². The van der Waals surface area contributed by atoms with Gasteiger partial charge in [0.25, 0.3) is 5.91 Å². The molecule has 7 nitrogen and oxygen atoms in total. The number of piperazine rings is 1. The molecule has 3 heterocycles. The Labute approximate surface area is 129 Å². The Morgan fingerprint density at radius 3 is 2.91 bits per heavy atom. The number of hydrogen-bond acceptors (Lipinski definition) is 5. The van der Waals surface area contributed by atoms with Crippen molar-refractivity contribution < 1.29 is 4.79 Å². The lowest BCUT2D eigenvalue weighted by Gasteiger charge is -2.32. The van der Waals surface area contributed by atoms with Crippen molar-refractivity contribution in [1.82, 2.24) is 25.0 Å². The molecule has 0 unspecified atom stereocenters. The van der Waals surface area contributed by atoms with Crippen LogP contribution in [0.5, 0.6) is 0 Å². The van der Waals surface area contributed by atoms with Crippen LogP contribution < -0.4 is 5.32 Å². The van der Waals surface area contributed by atoms with Gasteiger partial charge in [-0.1, -0.05) is 0 Å². The maximum absolute atomic E-state index is 12.3. The molecule has 7 heteroatoms. The van der Waals surface area contributed by atoms with Crippen molar-refractivity contribution in [3.8, 4) is 0 Å². The molecule has 0 spiro atoms. The second-order valence-corrected chi connectivity index (χ2v) is 5.53. The summed E-state index contributed by atoms with van der Waals surface area (Å²) in [5, 5.41) is 9.72. The lowest BCUT2D eigenvalue weighted by atomic mass is 10.2. The van der Waals surface area contributed by atoms with Crippen LogP contribution in [0.4, 0.5) is 5.69 Å². The molecule has 22 heavy (non-hydrogen) atoms. The molecule has 0 radical (unpaired) electrons. The van der Waals surface area contributed by atoms with Gasteiger partial charge in [-0.2, -0.15) is 5.10 Å². The highest BCUT2D eigenvalue weighted by molar-refractivity contribution is 6.03. The van der Waals surface area contributed by atoms with Crippen molar-refractivity contribution in [3.05, 3.63) is 42.0 Å². The van der Waals surface area contributed by atoms with Crippen molar-refractivity contribution in [3.63, 3.8) is 0 Å². The summed E-state index contributed by atoms with van der Waals surface area (Å²) in [6.07, 6.45) is 5.09. The van der Waals surface area contributed by atoms with E-state index in [0.29, 0.717) is 11.4 Å². The highest BCUT2D eigenvalue weighted by atomic mass is 16.1. The summed E-state index contributed by atoms with van der Waals surface area (Å²) in [7, 11) is 2.13. The highest BCUT2D eigenvalue weighted by Crippen LogP contribution is 2.13. The predicted octanol–water partition coefficient (Wildman–Crippen LogP) is 0.804. The highest BCUT2D eigenvalue weighted by Gasteiger charge is 2.19. The van der Waals surface area contributed by atoms with Gasteiger partial charge in [0.15, 0.2) is 5.69 Å². The number of H-pyrrole nitrogens is 1. The monoisotopic (exact) mass is 300 g/mol. The second kappa shape index (κ2) is 6.67. The van der Waals surface area contributed by atoms with Gasteiger partial charge in [0.2, 0.25) is 0 Å². The van der Waals surface area contributed by atoms with Crippen LogP contribution in [0, 0.1) is 0 Å². The summed E-state index contributed by atoms with van der Waals surface area (Å²) in [5.41, 5.74) is 2.04. The minimum atomic E-state index is -0.210. The molecule has 1 aliphatic rings. The van der Waals surface area contributed by atoms with E-state index in [1.54, 1.807) is 30.7 Å². The van der Waals surface area contributed by atoms with Crippen molar-refractivity contribution >= 4 is 11.6 Å². The summed E-state index contributed by atoms with van der Waals surface area (Å²) in [4.78, 5) is 21.0. The minimum Gasteiger partial charge on any atom is -0.319 e. The molecule has 2 aromatic heterocycles. The number of nitrogens with zero attached hydrogens (tertiary/aromatic N) is 4. The molecule has 1 aliphatic heterocycles. The van der Waals surface area contributed by atoms with E-state index in [9.17, 15) is 4.79 Å². The Kier molecular flexibility index (Phi) is 4.45. The normalized spacial score (nSPS) is 16.6. The van der Waals surface area contributed by atoms with Crippen LogP contribution in [0.2, 0.25) is 0 Å². The summed E-state index contributed by atoms with van der Waals surface area (Å²) in [6.45, 7) is 4.85. The molecule has 0 aromatic carbocycles. The fraction of sp³-hybridized carbons (Fsp3) is 0.400. The van der Waals surface area contributed by atoms with E-state index in [1.807, 2.05) is 0 Å². The van der Waals surface area contributed by atoms with Gasteiger partial charge in [-0.3, -0.25) is 19.8 Å². The zero-order valence-electron chi connectivity index (χ0n) is 12.6. The molecule has 1 fully saturated rings. The van der Waals surface area contributed by atoms with Crippen LogP contribution in [0.15, 0.2) is 30.7 Å². The zero-order valence-corrected chi connectivity index (χ0v) is 12.6. The molecular weight excluding hydrogens is 280 g/mol. The maximum atomic E-state index is 12.3. The molecule has 1 saturated heterocycles. The van der Waals surface area contributed by atoms with E-state index >= 15 is 0 Å². The third-order valence-corrected chi connectivity index (χ3v) is 3.84. The number of carbonyl (C=O) groups excluding carboxylic acids is 1. The summed E-state index contributed by atoms with van der Waals surface area (Å²) in [6, 6.07) is 3.59.